The lowest BCUT2D eigenvalue weighted by Gasteiger charge is -2.15. The van der Waals surface area contributed by atoms with Crippen molar-refractivity contribution in [1.29, 1.82) is 0 Å². The maximum Gasteiger partial charge on any atom is 0.0972 e. The summed E-state index contributed by atoms with van der Waals surface area (Å²) in [6, 6.07) is 16.3. The molecule has 4 rings (SSSR count). The first-order valence-electron chi connectivity index (χ1n) is 8.12. The van der Waals surface area contributed by atoms with E-state index in [1.54, 1.807) is 0 Å². The molecule has 3 aromatic rings. The van der Waals surface area contributed by atoms with E-state index in [-0.39, 0.29) is 0 Å². The predicted molar refractivity (Wildman–Crippen MR) is 104 cm³/mol. The van der Waals surface area contributed by atoms with Gasteiger partial charge >= 0.3 is 0 Å². The molecule has 0 aliphatic heterocycles. The molecular formula is C21H17BrN2. The van der Waals surface area contributed by atoms with Crippen LogP contribution >= 0.6 is 15.9 Å². The monoisotopic (exact) mass is 376 g/mol. The molecule has 118 valence electrons. The van der Waals surface area contributed by atoms with E-state index in [0.717, 1.165) is 44.5 Å². The van der Waals surface area contributed by atoms with Crippen molar-refractivity contribution < 1.29 is 0 Å². The van der Waals surface area contributed by atoms with Crippen LogP contribution in [0.15, 0.2) is 71.2 Å². The van der Waals surface area contributed by atoms with Crippen LogP contribution in [0.5, 0.6) is 0 Å². The average molecular weight is 377 g/mol. The maximum absolute atomic E-state index is 4.95. The number of hydrogen-bond acceptors (Lipinski definition) is 2. The van der Waals surface area contributed by atoms with Crippen molar-refractivity contribution in [2.24, 2.45) is 5.92 Å². The molecular weight excluding hydrogens is 360 g/mol. The van der Waals surface area contributed by atoms with Crippen molar-refractivity contribution in [3.8, 4) is 11.3 Å². The van der Waals surface area contributed by atoms with Crippen molar-refractivity contribution in [2.45, 2.75) is 13.3 Å². The molecule has 1 aliphatic rings. The van der Waals surface area contributed by atoms with E-state index in [1.807, 2.05) is 36.4 Å². The summed E-state index contributed by atoms with van der Waals surface area (Å²) in [5, 5.41) is 0. The summed E-state index contributed by atoms with van der Waals surface area (Å²) in [7, 11) is 0. The van der Waals surface area contributed by atoms with Crippen molar-refractivity contribution in [3.63, 3.8) is 0 Å². The van der Waals surface area contributed by atoms with E-state index in [2.05, 4.69) is 53.2 Å². The van der Waals surface area contributed by atoms with Gasteiger partial charge < -0.3 is 0 Å². The molecule has 0 saturated heterocycles. The fourth-order valence-electron chi connectivity index (χ4n) is 3.02. The standard InChI is InChI=1S/C21H17BrN2/c1-14-6-5-9-16(12-14)21-20(15-7-3-2-4-8-15)24-19-13-17(22)10-11-18(19)23-21/h2-5,7-14H,6H2,1H3. The minimum Gasteiger partial charge on any atom is -0.244 e. The highest BCUT2D eigenvalue weighted by atomic mass is 79.9. The number of fused-ring (bicyclic) bond motifs is 1. The van der Waals surface area contributed by atoms with Gasteiger partial charge in [0.1, 0.15) is 0 Å². The molecule has 1 aliphatic carbocycles. The smallest absolute Gasteiger partial charge is 0.0972 e. The summed E-state index contributed by atoms with van der Waals surface area (Å²) in [5.41, 5.74) is 5.96. The zero-order valence-corrected chi connectivity index (χ0v) is 15.0. The van der Waals surface area contributed by atoms with Gasteiger partial charge in [0, 0.05) is 10.0 Å². The fourth-order valence-corrected chi connectivity index (χ4v) is 3.37. The molecule has 24 heavy (non-hydrogen) atoms. The lowest BCUT2D eigenvalue weighted by atomic mass is 9.94. The number of halogens is 1. The SMILES string of the molecule is CC1C=C(c2nc3ccc(Br)cc3nc2-c2ccccc2)C=CC1. The minimum atomic E-state index is 0.524. The third-order valence-electron chi connectivity index (χ3n) is 4.22. The van der Waals surface area contributed by atoms with Gasteiger partial charge in [-0.2, -0.15) is 0 Å². The lowest BCUT2D eigenvalue weighted by Crippen LogP contribution is -2.01. The second kappa shape index (κ2) is 6.33. The van der Waals surface area contributed by atoms with Crippen molar-refractivity contribution in [1.82, 2.24) is 9.97 Å². The zero-order valence-electron chi connectivity index (χ0n) is 13.4. The van der Waals surface area contributed by atoms with Crippen molar-refractivity contribution in [2.75, 3.05) is 0 Å². The molecule has 1 unspecified atom stereocenters. The Morgan fingerprint density at radius 2 is 1.75 bits per heavy atom. The first-order valence-corrected chi connectivity index (χ1v) is 8.91. The Balaban J connectivity index is 1.99. The van der Waals surface area contributed by atoms with Crippen LogP contribution in [-0.2, 0) is 0 Å². The second-order valence-corrected chi connectivity index (χ2v) is 7.07. The van der Waals surface area contributed by atoms with Gasteiger partial charge in [-0.1, -0.05) is 71.4 Å². The van der Waals surface area contributed by atoms with Gasteiger partial charge in [-0.15, -0.1) is 0 Å². The highest BCUT2D eigenvalue weighted by Gasteiger charge is 2.16. The number of allylic oxidation sites excluding steroid dienone is 4. The Morgan fingerprint density at radius 1 is 0.958 bits per heavy atom. The number of benzene rings is 2. The minimum absolute atomic E-state index is 0.524. The van der Waals surface area contributed by atoms with Gasteiger partial charge in [0.25, 0.3) is 0 Å². The Hall–Kier alpha value is -2.26. The summed E-state index contributed by atoms with van der Waals surface area (Å²) in [6.07, 6.45) is 7.77. The zero-order chi connectivity index (χ0) is 16.5. The molecule has 0 spiro atoms. The van der Waals surface area contributed by atoms with E-state index < -0.39 is 0 Å². The normalized spacial score (nSPS) is 17.1. The molecule has 1 heterocycles. The third kappa shape index (κ3) is 2.92. The predicted octanol–water partition coefficient (Wildman–Crippen LogP) is 6.04. The Bertz CT molecular complexity index is 958. The van der Waals surface area contributed by atoms with Gasteiger partial charge in [0.05, 0.1) is 22.4 Å². The first kappa shape index (κ1) is 15.3. The van der Waals surface area contributed by atoms with Gasteiger partial charge in [0.2, 0.25) is 0 Å². The number of nitrogens with zero attached hydrogens (tertiary/aromatic N) is 2. The quantitative estimate of drug-likeness (QED) is 0.544. The highest BCUT2D eigenvalue weighted by molar-refractivity contribution is 9.10. The van der Waals surface area contributed by atoms with Crippen LogP contribution in [-0.4, -0.2) is 9.97 Å². The molecule has 2 aromatic carbocycles. The van der Waals surface area contributed by atoms with Crippen LogP contribution < -0.4 is 0 Å². The highest BCUT2D eigenvalue weighted by Crippen LogP contribution is 2.32. The van der Waals surface area contributed by atoms with Crippen LogP contribution in [0.1, 0.15) is 19.0 Å². The third-order valence-corrected chi connectivity index (χ3v) is 4.71. The second-order valence-electron chi connectivity index (χ2n) is 6.16. The van der Waals surface area contributed by atoms with Gasteiger partial charge in [-0.3, -0.25) is 0 Å². The molecule has 1 atom stereocenters. The maximum atomic E-state index is 4.95. The van der Waals surface area contributed by atoms with Gasteiger partial charge in [0.15, 0.2) is 0 Å². The van der Waals surface area contributed by atoms with Crippen LogP contribution in [0.2, 0.25) is 0 Å². The number of rotatable bonds is 2. The Labute approximate surface area is 150 Å². The van der Waals surface area contributed by atoms with Gasteiger partial charge in [-0.05, 0) is 36.1 Å². The molecule has 0 fully saturated rings. The summed E-state index contributed by atoms with van der Waals surface area (Å²) in [5.74, 6) is 0.524. The van der Waals surface area contributed by atoms with E-state index >= 15 is 0 Å². The van der Waals surface area contributed by atoms with Crippen molar-refractivity contribution in [3.05, 3.63) is 76.9 Å². The molecule has 0 N–H and O–H groups in total. The van der Waals surface area contributed by atoms with Gasteiger partial charge in [-0.25, -0.2) is 9.97 Å². The summed E-state index contributed by atoms with van der Waals surface area (Å²) >= 11 is 3.53. The first-order chi connectivity index (χ1) is 11.7. The van der Waals surface area contributed by atoms with Crippen LogP contribution in [0.4, 0.5) is 0 Å². The topological polar surface area (TPSA) is 25.8 Å². The fraction of sp³-hybridized carbons (Fsp3) is 0.143. The molecule has 0 bridgehead atoms. The lowest BCUT2D eigenvalue weighted by molar-refractivity contribution is 0.739. The van der Waals surface area contributed by atoms with Crippen LogP contribution in [0.3, 0.4) is 0 Å². The molecule has 2 nitrogen and oxygen atoms in total. The molecule has 0 radical (unpaired) electrons. The molecule has 0 amide bonds. The summed E-state index contributed by atoms with van der Waals surface area (Å²) < 4.78 is 1.02. The molecule has 0 saturated carbocycles. The number of aromatic nitrogens is 2. The van der Waals surface area contributed by atoms with Crippen LogP contribution in [0.25, 0.3) is 27.9 Å². The van der Waals surface area contributed by atoms with E-state index in [9.17, 15) is 0 Å². The van der Waals surface area contributed by atoms with E-state index in [1.165, 1.54) is 0 Å². The Morgan fingerprint density at radius 3 is 2.54 bits per heavy atom. The average Bonchev–Trinajstić information content (AvgIpc) is 2.61. The number of hydrogen-bond donors (Lipinski definition) is 0. The van der Waals surface area contributed by atoms with E-state index in [0.29, 0.717) is 5.92 Å². The van der Waals surface area contributed by atoms with E-state index in [4.69, 9.17) is 9.97 Å². The van der Waals surface area contributed by atoms with Crippen molar-refractivity contribution >= 4 is 32.5 Å². The Kier molecular flexibility index (Phi) is 4.03. The largest absolute Gasteiger partial charge is 0.244 e. The molecule has 1 aromatic heterocycles. The van der Waals surface area contributed by atoms with Crippen LogP contribution in [0, 0.1) is 5.92 Å². The summed E-state index contributed by atoms with van der Waals surface area (Å²) in [6.45, 7) is 2.23. The molecule has 3 heteroatoms. The summed E-state index contributed by atoms with van der Waals surface area (Å²) in [4.78, 5) is 9.89.